The van der Waals surface area contributed by atoms with Crippen molar-refractivity contribution in [1.29, 1.82) is 0 Å². The molecule has 0 spiro atoms. The van der Waals surface area contributed by atoms with Crippen LogP contribution in [0.1, 0.15) is 17.2 Å². The number of alkyl halides is 3. The highest BCUT2D eigenvalue weighted by Gasteiger charge is 2.33. The second kappa shape index (κ2) is 8.33. The van der Waals surface area contributed by atoms with Crippen molar-refractivity contribution in [3.05, 3.63) is 53.5 Å². The summed E-state index contributed by atoms with van der Waals surface area (Å²) in [5, 5.41) is 10.5. The summed E-state index contributed by atoms with van der Waals surface area (Å²) in [7, 11) is 1.36. The summed E-state index contributed by atoms with van der Waals surface area (Å²) < 4.78 is 57.3. The van der Waals surface area contributed by atoms with Gasteiger partial charge in [-0.3, -0.25) is 0 Å². The summed E-state index contributed by atoms with van der Waals surface area (Å²) in [6.45, 7) is 1.65. The van der Waals surface area contributed by atoms with Crippen LogP contribution >= 0.6 is 0 Å². The zero-order chi connectivity index (χ0) is 21.0. The number of methoxy groups -OCH3 is 1. The van der Waals surface area contributed by atoms with E-state index in [9.17, 15) is 17.6 Å². The lowest BCUT2D eigenvalue weighted by Gasteiger charge is -2.09. The van der Waals surface area contributed by atoms with Crippen molar-refractivity contribution in [3.8, 4) is 17.0 Å². The minimum atomic E-state index is -4.54. The van der Waals surface area contributed by atoms with E-state index in [0.717, 1.165) is 6.07 Å². The monoisotopic (exact) mass is 408 g/mol. The van der Waals surface area contributed by atoms with E-state index < -0.39 is 17.7 Å². The number of benzene rings is 1. The zero-order valence-electron chi connectivity index (χ0n) is 15.5. The average Bonchev–Trinajstić information content (AvgIpc) is 2.67. The first-order valence-corrected chi connectivity index (χ1v) is 8.45. The Morgan fingerprint density at radius 3 is 2.59 bits per heavy atom. The molecule has 29 heavy (non-hydrogen) atoms. The van der Waals surface area contributed by atoms with Gasteiger partial charge in [0.05, 0.1) is 19.0 Å². The van der Waals surface area contributed by atoms with Crippen LogP contribution in [-0.2, 0) is 12.6 Å². The van der Waals surface area contributed by atoms with Gasteiger partial charge in [0.1, 0.15) is 11.5 Å². The molecule has 3 rings (SSSR count). The van der Waals surface area contributed by atoms with Crippen molar-refractivity contribution in [2.24, 2.45) is 0 Å². The third kappa shape index (κ3) is 5.12. The molecule has 7 nitrogen and oxygen atoms in total. The van der Waals surface area contributed by atoms with Crippen LogP contribution in [-0.4, -0.2) is 38.8 Å². The van der Waals surface area contributed by atoms with Gasteiger partial charge in [0.2, 0.25) is 5.95 Å². The fourth-order valence-corrected chi connectivity index (χ4v) is 2.52. The highest BCUT2D eigenvalue weighted by molar-refractivity contribution is 5.60. The maximum atomic E-state index is 13.9. The smallest absolute Gasteiger partial charge is 0.433 e. The molecule has 0 fully saturated rings. The molecule has 11 heteroatoms. The number of halogens is 4. The Morgan fingerprint density at radius 2 is 1.90 bits per heavy atom. The number of aryl methyl sites for hydroxylation is 1. The predicted molar refractivity (Wildman–Crippen MR) is 95.7 cm³/mol. The van der Waals surface area contributed by atoms with Crippen LogP contribution in [0, 0.1) is 12.7 Å². The van der Waals surface area contributed by atoms with E-state index in [4.69, 9.17) is 4.74 Å². The summed E-state index contributed by atoms with van der Waals surface area (Å²) in [5.74, 6) is -0.255. The summed E-state index contributed by atoms with van der Waals surface area (Å²) in [6.07, 6.45) is -3.05. The molecular weight excluding hydrogens is 392 g/mol. The van der Waals surface area contributed by atoms with Gasteiger partial charge in [-0.15, -0.1) is 5.10 Å². The fourth-order valence-electron chi connectivity index (χ4n) is 2.52. The van der Waals surface area contributed by atoms with Gasteiger partial charge in [-0.05, 0) is 31.2 Å². The second-order valence-electron chi connectivity index (χ2n) is 6.00. The number of anilines is 1. The maximum absolute atomic E-state index is 13.9. The normalized spacial score (nSPS) is 11.4. The molecule has 0 saturated heterocycles. The first kappa shape index (κ1) is 20.4. The molecule has 1 N–H and O–H groups in total. The minimum absolute atomic E-state index is 0.0474. The summed E-state index contributed by atoms with van der Waals surface area (Å²) in [4.78, 5) is 11.8. The van der Waals surface area contributed by atoms with Gasteiger partial charge in [-0.2, -0.15) is 18.3 Å². The first-order chi connectivity index (χ1) is 13.8. The molecule has 0 saturated carbocycles. The Morgan fingerprint density at radius 1 is 1.10 bits per heavy atom. The molecule has 2 aromatic heterocycles. The van der Waals surface area contributed by atoms with Gasteiger partial charge in [-0.1, -0.05) is 0 Å². The number of hydrogen-bond donors (Lipinski definition) is 1. The molecule has 152 valence electrons. The summed E-state index contributed by atoms with van der Waals surface area (Å²) >= 11 is 0. The topological polar surface area (TPSA) is 85.7 Å². The van der Waals surface area contributed by atoms with Crippen LogP contribution in [0.5, 0.6) is 5.75 Å². The third-order valence-corrected chi connectivity index (χ3v) is 3.83. The number of aromatic nitrogens is 5. The van der Waals surface area contributed by atoms with Crippen molar-refractivity contribution in [3.63, 3.8) is 0 Å². The molecule has 0 aliphatic rings. The lowest BCUT2D eigenvalue weighted by molar-refractivity contribution is -0.141. The fraction of sp³-hybridized carbons (Fsp3) is 0.278. The van der Waals surface area contributed by atoms with Crippen LogP contribution < -0.4 is 10.1 Å². The van der Waals surface area contributed by atoms with Crippen molar-refractivity contribution in [1.82, 2.24) is 25.1 Å². The molecule has 3 aromatic rings. The average molecular weight is 408 g/mol. The Labute approximate surface area is 163 Å². The van der Waals surface area contributed by atoms with E-state index in [2.05, 4.69) is 30.5 Å². The van der Waals surface area contributed by atoms with Gasteiger partial charge in [0.15, 0.2) is 11.6 Å². The number of ether oxygens (including phenoxy) is 1. The van der Waals surface area contributed by atoms with E-state index in [0.29, 0.717) is 11.3 Å². The highest BCUT2D eigenvalue weighted by Crippen LogP contribution is 2.28. The van der Waals surface area contributed by atoms with Crippen LogP contribution in [0.25, 0.3) is 11.3 Å². The van der Waals surface area contributed by atoms with E-state index in [1.165, 1.54) is 32.4 Å². The van der Waals surface area contributed by atoms with Crippen molar-refractivity contribution in [2.45, 2.75) is 19.5 Å². The van der Waals surface area contributed by atoms with Crippen LogP contribution in [0.3, 0.4) is 0 Å². The Kier molecular flexibility index (Phi) is 5.85. The van der Waals surface area contributed by atoms with Gasteiger partial charge >= 0.3 is 6.18 Å². The quantitative estimate of drug-likeness (QED) is 0.625. The zero-order valence-corrected chi connectivity index (χ0v) is 15.5. The molecule has 0 unspecified atom stereocenters. The first-order valence-electron chi connectivity index (χ1n) is 8.45. The molecule has 0 amide bonds. The van der Waals surface area contributed by atoms with Gasteiger partial charge in [-0.25, -0.2) is 19.3 Å². The molecule has 0 bridgehead atoms. The number of hydrogen-bond acceptors (Lipinski definition) is 7. The molecule has 0 atom stereocenters. The van der Waals surface area contributed by atoms with Crippen molar-refractivity contribution >= 4 is 5.95 Å². The van der Waals surface area contributed by atoms with E-state index >= 15 is 0 Å². The second-order valence-corrected chi connectivity index (χ2v) is 6.00. The van der Waals surface area contributed by atoms with E-state index in [1.54, 1.807) is 6.07 Å². The number of nitrogens with zero attached hydrogens (tertiary/aromatic N) is 5. The molecule has 0 aliphatic carbocycles. The minimum Gasteiger partial charge on any atom is -0.494 e. The van der Waals surface area contributed by atoms with Gasteiger partial charge in [0.25, 0.3) is 0 Å². The Bertz CT molecular complexity index is 1010. The SMILES string of the molecule is COc1ccc(-c2cnnc(NCCc3nc(C)cc(C(F)(F)F)n3)n2)cc1F. The van der Waals surface area contributed by atoms with Gasteiger partial charge < -0.3 is 10.1 Å². The molecule has 0 aliphatic heterocycles. The number of rotatable bonds is 6. The molecule has 0 radical (unpaired) electrons. The summed E-state index contributed by atoms with van der Waals surface area (Å²) in [5.41, 5.74) is 0.0820. The molecule has 2 heterocycles. The maximum Gasteiger partial charge on any atom is 0.433 e. The lowest BCUT2D eigenvalue weighted by Crippen LogP contribution is -2.15. The highest BCUT2D eigenvalue weighted by atomic mass is 19.4. The largest absolute Gasteiger partial charge is 0.494 e. The van der Waals surface area contributed by atoms with Crippen LogP contribution in [0.15, 0.2) is 30.5 Å². The molecular formula is C18H16F4N6O. The van der Waals surface area contributed by atoms with Crippen LogP contribution in [0.4, 0.5) is 23.5 Å². The number of nitrogens with one attached hydrogen (secondary N) is 1. The van der Waals surface area contributed by atoms with E-state index in [1.807, 2.05) is 0 Å². The Hall–Kier alpha value is -3.37. The molecule has 1 aromatic carbocycles. The van der Waals surface area contributed by atoms with Gasteiger partial charge in [0, 0.05) is 24.2 Å². The van der Waals surface area contributed by atoms with Crippen molar-refractivity contribution in [2.75, 3.05) is 19.0 Å². The summed E-state index contributed by atoms with van der Waals surface area (Å²) in [6, 6.07) is 5.23. The predicted octanol–water partition coefficient (Wildman–Crippen LogP) is 3.46. The van der Waals surface area contributed by atoms with Crippen LogP contribution in [0.2, 0.25) is 0 Å². The van der Waals surface area contributed by atoms with E-state index in [-0.39, 0.29) is 36.2 Å². The standard InChI is InChI=1S/C18H16F4N6O/c1-10-7-15(18(20,21)22)27-16(25-10)5-6-23-17-26-13(9-24-28-17)11-3-4-14(29-2)12(19)8-11/h3-4,7-9H,5-6H2,1-2H3,(H,23,26,28). The third-order valence-electron chi connectivity index (χ3n) is 3.83. The van der Waals surface area contributed by atoms with Crippen molar-refractivity contribution < 1.29 is 22.3 Å². The Balaban J connectivity index is 1.69. The lowest BCUT2D eigenvalue weighted by atomic mass is 10.1.